The number of carbonyl (C=O) groups is 1. The van der Waals surface area contributed by atoms with E-state index in [9.17, 15) is 4.79 Å². The van der Waals surface area contributed by atoms with Crippen molar-refractivity contribution in [3.05, 3.63) is 36.0 Å². The molecule has 0 unspecified atom stereocenters. The third kappa shape index (κ3) is 2.36. The number of primary amides is 1. The van der Waals surface area contributed by atoms with Crippen LogP contribution in [0.15, 0.2) is 30.5 Å². The summed E-state index contributed by atoms with van der Waals surface area (Å²) in [7, 11) is 1.75. The lowest BCUT2D eigenvalue weighted by Crippen LogP contribution is -2.10. The van der Waals surface area contributed by atoms with Crippen molar-refractivity contribution in [3.63, 3.8) is 0 Å². The van der Waals surface area contributed by atoms with Crippen LogP contribution in [0, 0.1) is 0 Å². The van der Waals surface area contributed by atoms with Crippen molar-refractivity contribution in [3.8, 4) is 11.6 Å². The molecule has 0 aliphatic heterocycles. The van der Waals surface area contributed by atoms with Gasteiger partial charge in [0.25, 0.3) is 5.88 Å². The zero-order chi connectivity index (χ0) is 12.4. The first-order chi connectivity index (χ1) is 8.06. The Bertz CT molecular complexity index is 545. The van der Waals surface area contributed by atoms with Crippen molar-refractivity contribution in [2.24, 2.45) is 12.8 Å². The first-order valence-corrected chi connectivity index (χ1v) is 4.93. The van der Waals surface area contributed by atoms with Gasteiger partial charge < -0.3 is 16.2 Å². The highest BCUT2D eigenvalue weighted by Crippen LogP contribution is 2.25. The molecule has 1 heterocycles. The molecule has 88 valence electrons. The molecule has 4 N–H and O–H groups in total. The molecule has 0 radical (unpaired) electrons. The van der Waals surface area contributed by atoms with E-state index in [1.165, 1.54) is 0 Å². The molecule has 1 amide bonds. The Labute approximate surface area is 97.8 Å². The van der Waals surface area contributed by atoms with E-state index in [2.05, 4.69) is 5.10 Å². The lowest BCUT2D eigenvalue weighted by molar-refractivity contribution is 0.100. The topological polar surface area (TPSA) is 96.2 Å². The van der Waals surface area contributed by atoms with E-state index in [0.717, 1.165) is 0 Å². The van der Waals surface area contributed by atoms with Gasteiger partial charge in [-0.1, -0.05) is 0 Å². The molecule has 0 fully saturated rings. The molecule has 0 saturated heterocycles. The van der Waals surface area contributed by atoms with Crippen LogP contribution >= 0.6 is 0 Å². The molecule has 0 spiro atoms. The number of aromatic nitrogens is 2. The van der Waals surface area contributed by atoms with Crippen LogP contribution in [0.25, 0.3) is 0 Å². The Balaban J connectivity index is 2.19. The van der Waals surface area contributed by atoms with E-state index in [1.807, 2.05) is 0 Å². The second-order valence-corrected chi connectivity index (χ2v) is 3.55. The number of nitrogens with zero attached hydrogens (tertiary/aromatic N) is 2. The van der Waals surface area contributed by atoms with Gasteiger partial charge in [-0.3, -0.25) is 9.48 Å². The maximum absolute atomic E-state index is 10.9. The summed E-state index contributed by atoms with van der Waals surface area (Å²) >= 11 is 0. The molecular weight excluding hydrogens is 220 g/mol. The minimum absolute atomic E-state index is 0.333. The number of hydrogen-bond donors (Lipinski definition) is 2. The fraction of sp³-hybridized carbons (Fsp3) is 0.0909. The van der Waals surface area contributed by atoms with Gasteiger partial charge in [-0.25, -0.2) is 0 Å². The van der Waals surface area contributed by atoms with Crippen molar-refractivity contribution < 1.29 is 9.53 Å². The van der Waals surface area contributed by atoms with Gasteiger partial charge in [0.2, 0.25) is 5.91 Å². The predicted molar refractivity (Wildman–Crippen MR) is 62.7 cm³/mol. The molecule has 17 heavy (non-hydrogen) atoms. The summed E-state index contributed by atoms with van der Waals surface area (Å²) in [4.78, 5) is 10.9. The number of benzene rings is 1. The lowest BCUT2D eigenvalue weighted by Gasteiger charge is -2.03. The molecule has 2 aromatic rings. The Kier molecular flexibility index (Phi) is 2.70. The van der Waals surface area contributed by atoms with Crippen molar-refractivity contribution in [2.75, 3.05) is 5.73 Å². The van der Waals surface area contributed by atoms with E-state index in [0.29, 0.717) is 22.9 Å². The zero-order valence-corrected chi connectivity index (χ0v) is 9.25. The maximum atomic E-state index is 10.9. The van der Waals surface area contributed by atoms with Crippen LogP contribution in [-0.4, -0.2) is 15.7 Å². The van der Waals surface area contributed by atoms with E-state index in [1.54, 1.807) is 42.2 Å². The number of nitrogens with two attached hydrogens (primary N) is 2. The highest BCUT2D eigenvalue weighted by atomic mass is 16.5. The molecule has 0 saturated carbocycles. The van der Waals surface area contributed by atoms with Crippen LogP contribution in [0.4, 0.5) is 5.69 Å². The minimum atomic E-state index is -0.478. The van der Waals surface area contributed by atoms with Gasteiger partial charge in [0, 0.05) is 12.6 Å². The minimum Gasteiger partial charge on any atom is -0.436 e. The van der Waals surface area contributed by atoms with E-state index >= 15 is 0 Å². The fourth-order valence-corrected chi connectivity index (χ4v) is 1.36. The molecule has 0 aliphatic rings. The van der Waals surface area contributed by atoms with Gasteiger partial charge in [-0.05, 0) is 24.3 Å². The summed E-state index contributed by atoms with van der Waals surface area (Å²) in [5.41, 5.74) is 11.7. The summed E-state index contributed by atoms with van der Waals surface area (Å²) in [6.07, 6.45) is 1.65. The molecule has 2 rings (SSSR count). The molecule has 6 nitrogen and oxygen atoms in total. The van der Waals surface area contributed by atoms with Gasteiger partial charge in [0.05, 0.1) is 6.20 Å². The van der Waals surface area contributed by atoms with E-state index in [-0.39, 0.29) is 0 Å². The number of ether oxygens (including phenoxy) is 1. The van der Waals surface area contributed by atoms with Gasteiger partial charge in [0.1, 0.15) is 11.4 Å². The molecular formula is C11H12N4O2. The largest absolute Gasteiger partial charge is 0.436 e. The molecule has 6 heteroatoms. The number of nitrogen functional groups attached to an aromatic ring is 1. The number of anilines is 1. The SMILES string of the molecule is Cn1cc(N)c(Oc2ccc(C(N)=O)cc2)n1. The standard InChI is InChI=1S/C11H12N4O2/c1-15-6-9(12)11(14-15)17-8-4-2-7(3-5-8)10(13)16/h2-6H,12H2,1H3,(H2,13,16). The monoisotopic (exact) mass is 232 g/mol. The highest BCUT2D eigenvalue weighted by molar-refractivity contribution is 5.92. The van der Waals surface area contributed by atoms with Gasteiger partial charge in [-0.15, -0.1) is 5.10 Å². The Morgan fingerprint density at radius 3 is 2.47 bits per heavy atom. The zero-order valence-electron chi connectivity index (χ0n) is 9.25. The third-order valence-corrected chi connectivity index (χ3v) is 2.17. The number of carbonyl (C=O) groups excluding carboxylic acids is 1. The molecule has 0 aliphatic carbocycles. The lowest BCUT2D eigenvalue weighted by atomic mass is 10.2. The van der Waals surface area contributed by atoms with Crippen LogP contribution in [0.5, 0.6) is 11.6 Å². The average Bonchev–Trinajstić information content (AvgIpc) is 2.58. The highest BCUT2D eigenvalue weighted by Gasteiger charge is 2.07. The first kappa shape index (κ1) is 11.0. The normalized spacial score (nSPS) is 10.2. The number of amides is 1. The van der Waals surface area contributed by atoms with Crippen LogP contribution in [0.1, 0.15) is 10.4 Å². The van der Waals surface area contributed by atoms with Crippen molar-refractivity contribution in [2.45, 2.75) is 0 Å². The smallest absolute Gasteiger partial charge is 0.261 e. The summed E-state index contributed by atoms with van der Waals surface area (Å²) in [5, 5.41) is 4.04. The van der Waals surface area contributed by atoms with Gasteiger partial charge in [-0.2, -0.15) is 0 Å². The summed E-state index contributed by atoms with van der Waals surface area (Å²) in [5.74, 6) is 0.397. The van der Waals surface area contributed by atoms with E-state index in [4.69, 9.17) is 16.2 Å². The van der Waals surface area contributed by atoms with Crippen LogP contribution in [-0.2, 0) is 7.05 Å². The quantitative estimate of drug-likeness (QED) is 0.821. The number of hydrogen-bond acceptors (Lipinski definition) is 4. The van der Waals surface area contributed by atoms with Crippen LogP contribution in [0.3, 0.4) is 0 Å². The predicted octanol–water partition coefficient (Wildman–Crippen LogP) is 0.893. The molecule has 1 aromatic heterocycles. The number of aryl methyl sites for hydroxylation is 1. The molecule has 0 bridgehead atoms. The molecule has 1 aromatic carbocycles. The van der Waals surface area contributed by atoms with Crippen LogP contribution in [0.2, 0.25) is 0 Å². The Hall–Kier alpha value is -2.50. The van der Waals surface area contributed by atoms with Gasteiger partial charge in [0.15, 0.2) is 0 Å². The number of rotatable bonds is 3. The summed E-state index contributed by atoms with van der Waals surface area (Å²) in [6.45, 7) is 0. The average molecular weight is 232 g/mol. The van der Waals surface area contributed by atoms with Crippen molar-refractivity contribution in [1.82, 2.24) is 9.78 Å². The Morgan fingerprint density at radius 2 is 2.00 bits per heavy atom. The van der Waals surface area contributed by atoms with Gasteiger partial charge >= 0.3 is 0 Å². The fourth-order valence-electron chi connectivity index (χ4n) is 1.36. The summed E-state index contributed by atoms with van der Waals surface area (Å²) in [6, 6.07) is 6.43. The first-order valence-electron chi connectivity index (χ1n) is 4.93. The van der Waals surface area contributed by atoms with Crippen LogP contribution < -0.4 is 16.2 Å². The second-order valence-electron chi connectivity index (χ2n) is 3.55. The van der Waals surface area contributed by atoms with Crippen molar-refractivity contribution in [1.29, 1.82) is 0 Å². The Morgan fingerprint density at radius 1 is 1.35 bits per heavy atom. The van der Waals surface area contributed by atoms with E-state index < -0.39 is 5.91 Å². The third-order valence-electron chi connectivity index (χ3n) is 2.17. The summed E-state index contributed by atoms with van der Waals surface area (Å²) < 4.78 is 7.01. The second kappa shape index (κ2) is 4.17. The maximum Gasteiger partial charge on any atom is 0.261 e. The molecule has 0 atom stereocenters. The van der Waals surface area contributed by atoms with Crippen molar-refractivity contribution >= 4 is 11.6 Å².